The molecule has 1 aromatic carbocycles. The number of halogens is 1. The maximum atomic E-state index is 11.8. The SMILES string of the molecule is CCCNC(=O)c1cnc(Nc2cc(C)c(Cl)cc2OC)cn1. The number of carbonyl (C=O) groups excluding carboxylic acids is 1. The van der Waals surface area contributed by atoms with E-state index in [0.717, 1.165) is 17.7 Å². The van der Waals surface area contributed by atoms with Crippen LogP contribution in [0.2, 0.25) is 5.02 Å². The number of hydrogen-bond acceptors (Lipinski definition) is 5. The van der Waals surface area contributed by atoms with E-state index in [-0.39, 0.29) is 11.6 Å². The van der Waals surface area contributed by atoms with E-state index in [1.807, 2.05) is 19.9 Å². The van der Waals surface area contributed by atoms with E-state index in [2.05, 4.69) is 20.6 Å². The fourth-order valence-electron chi connectivity index (χ4n) is 1.91. The van der Waals surface area contributed by atoms with Gasteiger partial charge in [-0.2, -0.15) is 0 Å². The monoisotopic (exact) mass is 334 g/mol. The number of carbonyl (C=O) groups is 1. The number of benzene rings is 1. The summed E-state index contributed by atoms with van der Waals surface area (Å²) in [5, 5.41) is 6.49. The molecule has 1 aromatic heterocycles. The molecule has 0 radical (unpaired) electrons. The number of methoxy groups -OCH3 is 1. The van der Waals surface area contributed by atoms with Crippen LogP contribution in [0, 0.1) is 6.92 Å². The van der Waals surface area contributed by atoms with Crippen molar-refractivity contribution >= 4 is 29.0 Å². The van der Waals surface area contributed by atoms with Gasteiger partial charge in [-0.25, -0.2) is 9.97 Å². The van der Waals surface area contributed by atoms with Gasteiger partial charge < -0.3 is 15.4 Å². The Hall–Kier alpha value is -2.34. The van der Waals surface area contributed by atoms with Gasteiger partial charge in [0.2, 0.25) is 0 Å². The van der Waals surface area contributed by atoms with Crippen LogP contribution >= 0.6 is 11.6 Å². The Labute approximate surface area is 140 Å². The van der Waals surface area contributed by atoms with Gasteiger partial charge in [0.05, 0.1) is 25.2 Å². The molecule has 7 heteroatoms. The second kappa shape index (κ2) is 7.78. The summed E-state index contributed by atoms with van der Waals surface area (Å²) >= 11 is 6.08. The summed E-state index contributed by atoms with van der Waals surface area (Å²) in [6.07, 6.45) is 3.81. The maximum Gasteiger partial charge on any atom is 0.271 e. The van der Waals surface area contributed by atoms with Crippen LogP contribution in [-0.2, 0) is 0 Å². The number of nitrogens with one attached hydrogen (secondary N) is 2. The Kier molecular flexibility index (Phi) is 5.76. The molecular formula is C16H19ClN4O2. The fourth-order valence-corrected chi connectivity index (χ4v) is 2.06. The average Bonchev–Trinajstić information content (AvgIpc) is 2.56. The smallest absolute Gasteiger partial charge is 0.271 e. The van der Waals surface area contributed by atoms with Gasteiger partial charge in [0, 0.05) is 17.6 Å². The number of rotatable bonds is 6. The third-order valence-electron chi connectivity index (χ3n) is 3.16. The number of aryl methyl sites for hydroxylation is 1. The summed E-state index contributed by atoms with van der Waals surface area (Å²) in [5.74, 6) is 0.884. The highest BCUT2D eigenvalue weighted by molar-refractivity contribution is 6.31. The van der Waals surface area contributed by atoms with Crippen molar-refractivity contribution in [2.45, 2.75) is 20.3 Å². The Balaban J connectivity index is 2.15. The quantitative estimate of drug-likeness (QED) is 0.847. The average molecular weight is 335 g/mol. The van der Waals surface area contributed by atoms with Crippen LogP contribution in [0.25, 0.3) is 0 Å². The molecule has 0 fully saturated rings. The summed E-state index contributed by atoms with van der Waals surface area (Å²) in [6.45, 7) is 4.50. The first kappa shape index (κ1) is 17.0. The molecule has 0 aliphatic carbocycles. The van der Waals surface area contributed by atoms with Gasteiger partial charge in [0.15, 0.2) is 0 Å². The zero-order chi connectivity index (χ0) is 16.8. The standard InChI is InChI=1S/C16H19ClN4O2/c1-4-5-18-16(22)13-8-20-15(9-19-13)21-12-6-10(2)11(17)7-14(12)23-3/h6-9H,4-5H2,1-3H3,(H,18,22)(H,20,21). The van der Waals surface area contributed by atoms with Crippen LogP contribution in [0.1, 0.15) is 29.4 Å². The molecule has 23 heavy (non-hydrogen) atoms. The predicted octanol–water partition coefficient (Wildman–Crippen LogP) is 3.33. The minimum absolute atomic E-state index is 0.231. The van der Waals surface area contributed by atoms with Crippen molar-refractivity contribution < 1.29 is 9.53 Å². The Bertz CT molecular complexity index is 689. The molecule has 0 bridgehead atoms. The van der Waals surface area contributed by atoms with Gasteiger partial charge in [0.25, 0.3) is 5.91 Å². The molecule has 6 nitrogen and oxygen atoms in total. The van der Waals surface area contributed by atoms with E-state index in [4.69, 9.17) is 16.3 Å². The third kappa shape index (κ3) is 4.32. The van der Waals surface area contributed by atoms with E-state index in [9.17, 15) is 4.79 Å². The number of hydrogen-bond donors (Lipinski definition) is 2. The van der Waals surface area contributed by atoms with Crippen molar-refractivity contribution in [3.05, 3.63) is 40.8 Å². The zero-order valence-electron chi connectivity index (χ0n) is 13.3. The first-order valence-electron chi connectivity index (χ1n) is 7.26. The summed E-state index contributed by atoms with van der Waals surface area (Å²) in [7, 11) is 1.57. The lowest BCUT2D eigenvalue weighted by Crippen LogP contribution is -2.25. The van der Waals surface area contributed by atoms with Crippen molar-refractivity contribution in [3.63, 3.8) is 0 Å². The van der Waals surface area contributed by atoms with E-state index in [0.29, 0.717) is 23.1 Å². The van der Waals surface area contributed by atoms with E-state index in [1.165, 1.54) is 12.4 Å². The summed E-state index contributed by atoms with van der Waals surface area (Å²) in [6, 6.07) is 3.60. The minimum atomic E-state index is -0.231. The summed E-state index contributed by atoms with van der Waals surface area (Å²) in [5.41, 5.74) is 1.92. The number of ether oxygens (including phenoxy) is 1. The van der Waals surface area contributed by atoms with E-state index < -0.39 is 0 Å². The zero-order valence-corrected chi connectivity index (χ0v) is 14.1. The lowest BCUT2D eigenvalue weighted by molar-refractivity contribution is 0.0948. The van der Waals surface area contributed by atoms with Crippen LogP contribution in [0.15, 0.2) is 24.5 Å². The van der Waals surface area contributed by atoms with Gasteiger partial charge in [-0.1, -0.05) is 18.5 Å². The molecule has 0 aliphatic rings. The third-order valence-corrected chi connectivity index (χ3v) is 3.57. The first-order chi connectivity index (χ1) is 11.0. The highest BCUT2D eigenvalue weighted by atomic mass is 35.5. The molecule has 2 aromatic rings. The van der Waals surface area contributed by atoms with Gasteiger partial charge in [0.1, 0.15) is 17.3 Å². The largest absolute Gasteiger partial charge is 0.495 e. The lowest BCUT2D eigenvalue weighted by atomic mass is 10.2. The van der Waals surface area contributed by atoms with Gasteiger partial charge in [-0.05, 0) is 25.0 Å². The van der Waals surface area contributed by atoms with Gasteiger partial charge in [-0.3, -0.25) is 4.79 Å². The Morgan fingerprint density at radius 2 is 2.09 bits per heavy atom. The number of amides is 1. The van der Waals surface area contributed by atoms with E-state index in [1.54, 1.807) is 13.2 Å². The highest BCUT2D eigenvalue weighted by Gasteiger charge is 2.10. The molecule has 0 saturated carbocycles. The molecule has 0 aliphatic heterocycles. The van der Waals surface area contributed by atoms with Crippen molar-refractivity contribution in [2.75, 3.05) is 19.0 Å². The molecule has 1 heterocycles. The molecule has 0 unspecified atom stereocenters. The Morgan fingerprint density at radius 3 is 2.70 bits per heavy atom. The second-order valence-corrected chi connectivity index (χ2v) is 5.38. The summed E-state index contributed by atoms with van der Waals surface area (Å²) in [4.78, 5) is 20.1. The van der Waals surface area contributed by atoms with Crippen molar-refractivity contribution in [1.29, 1.82) is 0 Å². The maximum absolute atomic E-state index is 11.8. The normalized spacial score (nSPS) is 10.3. The predicted molar refractivity (Wildman–Crippen MR) is 90.7 cm³/mol. The topological polar surface area (TPSA) is 76.1 Å². The molecule has 2 N–H and O–H groups in total. The van der Waals surface area contributed by atoms with Crippen molar-refractivity contribution in [2.24, 2.45) is 0 Å². The van der Waals surface area contributed by atoms with Crippen LogP contribution in [0.5, 0.6) is 5.75 Å². The molecule has 0 saturated heterocycles. The number of anilines is 2. The van der Waals surface area contributed by atoms with Crippen LogP contribution < -0.4 is 15.4 Å². The second-order valence-electron chi connectivity index (χ2n) is 4.97. The van der Waals surface area contributed by atoms with Crippen molar-refractivity contribution in [1.82, 2.24) is 15.3 Å². The van der Waals surface area contributed by atoms with E-state index >= 15 is 0 Å². The van der Waals surface area contributed by atoms with Gasteiger partial charge in [-0.15, -0.1) is 0 Å². The molecule has 0 spiro atoms. The van der Waals surface area contributed by atoms with Crippen LogP contribution in [-0.4, -0.2) is 29.5 Å². The van der Waals surface area contributed by atoms with Crippen LogP contribution in [0.3, 0.4) is 0 Å². The first-order valence-corrected chi connectivity index (χ1v) is 7.64. The van der Waals surface area contributed by atoms with Gasteiger partial charge >= 0.3 is 0 Å². The molecule has 1 amide bonds. The molecule has 122 valence electrons. The number of nitrogens with zero attached hydrogens (tertiary/aromatic N) is 2. The highest BCUT2D eigenvalue weighted by Crippen LogP contribution is 2.32. The van der Waals surface area contributed by atoms with Crippen molar-refractivity contribution in [3.8, 4) is 5.75 Å². The lowest BCUT2D eigenvalue weighted by Gasteiger charge is -2.12. The number of aromatic nitrogens is 2. The molecular weight excluding hydrogens is 316 g/mol. The molecule has 2 rings (SSSR count). The minimum Gasteiger partial charge on any atom is -0.495 e. The Morgan fingerprint density at radius 1 is 1.30 bits per heavy atom. The molecule has 0 atom stereocenters. The van der Waals surface area contributed by atoms with Crippen LogP contribution in [0.4, 0.5) is 11.5 Å². The fraction of sp³-hybridized carbons (Fsp3) is 0.312. The summed E-state index contributed by atoms with van der Waals surface area (Å²) < 4.78 is 5.30.